The maximum absolute atomic E-state index is 11.2. The second-order valence-electron chi connectivity index (χ2n) is 3.87. The summed E-state index contributed by atoms with van der Waals surface area (Å²) in [4.78, 5) is 11.2. The van der Waals surface area contributed by atoms with Crippen molar-refractivity contribution in [3.63, 3.8) is 0 Å². The van der Waals surface area contributed by atoms with E-state index in [1.54, 1.807) is 0 Å². The molecule has 14 heavy (non-hydrogen) atoms. The Balaban J connectivity index is 2.56. The van der Waals surface area contributed by atoms with Crippen molar-refractivity contribution in [2.24, 2.45) is 0 Å². The number of aliphatic hydroxyl groups is 2. The van der Waals surface area contributed by atoms with Crippen LogP contribution in [0.25, 0.3) is 0 Å². The van der Waals surface area contributed by atoms with Gasteiger partial charge in [0.1, 0.15) is 0 Å². The highest BCUT2D eigenvalue weighted by atomic mass is 16.7. The molecule has 0 heterocycles. The lowest BCUT2D eigenvalue weighted by Gasteiger charge is -2.33. The van der Waals surface area contributed by atoms with Crippen LogP contribution in [0.2, 0.25) is 0 Å². The summed E-state index contributed by atoms with van der Waals surface area (Å²) in [5.41, 5.74) is 0.249. The van der Waals surface area contributed by atoms with Crippen LogP contribution >= 0.6 is 0 Å². The predicted molar refractivity (Wildman–Crippen MR) is 50.3 cm³/mol. The first-order chi connectivity index (χ1) is 6.43. The van der Waals surface area contributed by atoms with Gasteiger partial charge in [0.05, 0.1) is 6.10 Å². The van der Waals surface area contributed by atoms with Gasteiger partial charge in [0.15, 0.2) is 0 Å². The van der Waals surface area contributed by atoms with E-state index in [4.69, 9.17) is 4.74 Å². The zero-order chi connectivity index (χ0) is 10.8. The molecule has 0 spiro atoms. The molecule has 1 saturated carbocycles. The summed E-state index contributed by atoms with van der Waals surface area (Å²) in [6.45, 7) is 4.94. The van der Waals surface area contributed by atoms with Gasteiger partial charge in [0.25, 0.3) is 0 Å². The highest BCUT2D eigenvalue weighted by molar-refractivity contribution is 5.87. The molecule has 0 saturated heterocycles. The molecule has 2 unspecified atom stereocenters. The molecule has 1 fully saturated rings. The number of rotatable bonds is 2. The van der Waals surface area contributed by atoms with Crippen molar-refractivity contribution in [2.45, 2.75) is 44.5 Å². The van der Waals surface area contributed by atoms with Crippen LogP contribution in [0.15, 0.2) is 12.2 Å². The third kappa shape index (κ3) is 2.82. The number of carbonyl (C=O) groups is 1. The monoisotopic (exact) mass is 200 g/mol. The fourth-order valence-electron chi connectivity index (χ4n) is 1.54. The largest absolute Gasteiger partial charge is 0.430 e. The average Bonchev–Trinajstić information content (AvgIpc) is 2.02. The zero-order valence-corrected chi connectivity index (χ0v) is 8.32. The standard InChI is InChI=1S/C10H16O4/c1-7(2)9(12)14-10(13)5-3-4-8(11)6-10/h8,11,13H,1,3-6H2,2H3. The van der Waals surface area contributed by atoms with Crippen LogP contribution in [0, 0.1) is 0 Å². The molecule has 0 aromatic carbocycles. The van der Waals surface area contributed by atoms with Crippen molar-refractivity contribution in [1.29, 1.82) is 0 Å². The van der Waals surface area contributed by atoms with Crippen LogP contribution in [0.1, 0.15) is 32.6 Å². The van der Waals surface area contributed by atoms with Gasteiger partial charge in [-0.15, -0.1) is 0 Å². The maximum atomic E-state index is 11.2. The van der Waals surface area contributed by atoms with E-state index in [-0.39, 0.29) is 12.0 Å². The van der Waals surface area contributed by atoms with Crippen LogP contribution in [-0.2, 0) is 9.53 Å². The third-order valence-electron chi connectivity index (χ3n) is 2.29. The van der Waals surface area contributed by atoms with Crippen LogP contribution in [0.3, 0.4) is 0 Å². The minimum atomic E-state index is -1.51. The molecular weight excluding hydrogens is 184 g/mol. The molecule has 1 rings (SSSR count). The highest BCUT2D eigenvalue weighted by Gasteiger charge is 2.37. The van der Waals surface area contributed by atoms with Crippen molar-refractivity contribution in [1.82, 2.24) is 0 Å². The SMILES string of the molecule is C=C(C)C(=O)OC1(O)CCCC(O)C1. The Kier molecular flexibility index (Phi) is 3.29. The first-order valence-electron chi connectivity index (χ1n) is 4.72. The molecule has 80 valence electrons. The third-order valence-corrected chi connectivity index (χ3v) is 2.29. The van der Waals surface area contributed by atoms with E-state index in [9.17, 15) is 15.0 Å². The lowest BCUT2D eigenvalue weighted by Crippen LogP contribution is -2.41. The summed E-state index contributed by atoms with van der Waals surface area (Å²) < 4.78 is 4.87. The summed E-state index contributed by atoms with van der Waals surface area (Å²) in [5.74, 6) is -2.12. The van der Waals surface area contributed by atoms with Gasteiger partial charge in [-0.1, -0.05) is 6.58 Å². The summed E-state index contributed by atoms with van der Waals surface area (Å²) in [6.07, 6.45) is 1.18. The molecule has 2 atom stereocenters. The van der Waals surface area contributed by atoms with Crippen LogP contribution in [0.4, 0.5) is 0 Å². The number of hydrogen-bond acceptors (Lipinski definition) is 4. The lowest BCUT2D eigenvalue weighted by molar-refractivity contribution is -0.226. The smallest absolute Gasteiger partial charge is 0.335 e. The fourth-order valence-corrected chi connectivity index (χ4v) is 1.54. The lowest BCUT2D eigenvalue weighted by atomic mass is 9.92. The van der Waals surface area contributed by atoms with Crippen LogP contribution in [-0.4, -0.2) is 28.1 Å². The second-order valence-corrected chi connectivity index (χ2v) is 3.87. The number of esters is 1. The molecule has 1 aliphatic carbocycles. The van der Waals surface area contributed by atoms with Gasteiger partial charge in [-0.05, 0) is 19.8 Å². The molecule has 0 radical (unpaired) electrons. The van der Waals surface area contributed by atoms with Gasteiger partial charge < -0.3 is 14.9 Å². The van der Waals surface area contributed by atoms with E-state index < -0.39 is 17.9 Å². The van der Waals surface area contributed by atoms with Crippen LogP contribution in [0.5, 0.6) is 0 Å². The molecule has 4 nitrogen and oxygen atoms in total. The van der Waals surface area contributed by atoms with E-state index >= 15 is 0 Å². The van der Waals surface area contributed by atoms with Crippen molar-refractivity contribution in [3.8, 4) is 0 Å². The van der Waals surface area contributed by atoms with Crippen molar-refractivity contribution in [3.05, 3.63) is 12.2 Å². The minimum Gasteiger partial charge on any atom is -0.430 e. The Bertz CT molecular complexity index is 249. The highest BCUT2D eigenvalue weighted by Crippen LogP contribution is 2.29. The van der Waals surface area contributed by atoms with E-state index in [1.807, 2.05) is 0 Å². The van der Waals surface area contributed by atoms with E-state index in [2.05, 4.69) is 6.58 Å². The number of aliphatic hydroxyl groups excluding tert-OH is 1. The Morgan fingerprint density at radius 1 is 1.64 bits per heavy atom. The molecule has 0 aromatic heterocycles. The summed E-state index contributed by atoms with van der Waals surface area (Å²) >= 11 is 0. The summed E-state index contributed by atoms with van der Waals surface area (Å²) in [6, 6.07) is 0. The Hall–Kier alpha value is -0.870. The molecule has 0 amide bonds. The zero-order valence-electron chi connectivity index (χ0n) is 8.32. The maximum Gasteiger partial charge on any atom is 0.335 e. The molecule has 0 bridgehead atoms. The number of hydrogen-bond donors (Lipinski definition) is 2. The molecule has 0 aromatic rings. The van der Waals surface area contributed by atoms with Gasteiger partial charge in [-0.3, -0.25) is 0 Å². The Morgan fingerprint density at radius 3 is 2.79 bits per heavy atom. The summed E-state index contributed by atoms with van der Waals surface area (Å²) in [7, 11) is 0. The molecular formula is C10H16O4. The first-order valence-corrected chi connectivity index (χ1v) is 4.72. The Morgan fingerprint density at radius 2 is 2.29 bits per heavy atom. The Labute approximate surface area is 83.2 Å². The molecule has 4 heteroatoms. The van der Waals surface area contributed by atoms with Gasteiger partial charge in [-0.25, -0.2) is 4.79 Å². The normalized spacial score (nSPS) is 32.4. The fraction of sp³-hybridized carbons (Fsp3) is 0.700. The minimum absolute atomic E-state index is 0.0893. The van der Waals surface area contributed by atoms with Crippen LogP contribution < -0.4 is 0 Å². The van der Waals surface area contributed by atoms with E-state index in [1.165, 1.54) is 6.92 Å². The van der Waals surface area contributed by atoms with Gasteiger partial charge >= 0.3 is 5.97 Å². The quantitative estimate of drug-likeness (QED) is 0.392. The van der Waals surface area contributed by atoms with E-state index in [0.717, 1.165) is 0 Å². The molecule has 1 aliphatic rings. The van der Waals surface area contributed by atoms with Gasteiger partial charge in [0, 0.05) is 18.4 Å². The molecule has 0 aliphatic heterocycles. The van der Waals surface area contributed by atoms with Crippen molar-refractivity contribution in [2.75, 3.05) is 0 Å². The molecule has 2 N–H and O–H groups in total. The average molecular weight is 200 g/mol. The topological polar surface area (TPSA) is 66.8 Å². The number of carbonyl (C=O) groups excluding carboxylic acids is 1. The predicted octanol–water partition coefficient (Wildman–Crippen LogP) is 0.729. The van der Waals surface area contributed by atoms with Crippen molar-refractivity contribution >= 4 is 5.97 Å². The second kappa shape index (κ2) is 4.11. The van der Waals surface area contributed by atoms with Gasteiger partial charge in [0.2, 0.25) is 5.79 Å². The number of ether oxygens (including phenoxy) is 1. The van der Waals surface area contributed by atoms with E-state index in [0.29, 0.717) is 19.3 Å². The first kappa shape index (κ1) is 11.2. The van der Waals surface area contributed by atoms with Crippen molar-refractivity contribution < 1.29 is 19.7 Å². The van der Waals surface area contributed by atoms with Gasteiger partial charge in [-0.2, -0.15) is 0 Å². The summed E-state index contributed by atoms with van der Waals surface area (Å²) in [5, 5.41) is 19.1.